The molecule has 178 valence electrons. The van der Waals surface area contributed by atoms with E-state index in [4.69, 9.17) is 4.74 Å². The molecule has 0 bridgehead atoms. The van der Waals surface area contributed by atoms with Crippen molar-refractivity contribution in [2.45, 2.75) is 44.6 Å². The standard InChI is InChI=1S/C22H25FN2O7S/c1-13-9-16(18(23)10-14(13)2)11-17(22(27)32-4)12-20(26)15(3)24-33(30,31)21-8-6-5-7-19(21)25(28)29/h5-10,15,17,24H,11-12H2,1-4H3/t15-,17+/m0/s1. The van der Waals surface area contributed by atoms with Crippen LogP contribution in [-0.2, 0) is 30.8 Å². The first kappa shape index (κ1) is 26.1. The summed E-state index contributed by atoms with van der Waals surface area (Å²) in [4.78, 5) is 34.7. The van der Waals surface area contributed by atoms with Crippen LogP contribution in [0.2, 0.25) is 0 Å². The number of nitro groups is 1. The summed E-state index contributed by atoms with van der Waals surface area (Å²) in [5.74, 6) is -2.96. The zero-order chi connectivity index (χ0) is 24.9. The fourth-order valence-electron chi connectivity index (χ4n) is 3.28. The lowest BCUT2D eigenvalue weighted by Gasteiger charge is -2.18. The number of nitrogens with zero attached hydrogens (tertiary/aromatic N) is 1. The molecule has 2 aromatic rings. The van der Waals surface area contributed by atoms with Crippen LogP contribution in [0.4, 0.5) is 10.1 Å². The Morgan fingerprint density at radius 2 is 1.79 bits per heavy atom. The lowest BCUT2D eigenvalue weighted by atomic mass is 9.91. The van der Waals surface area contributed by atoms with Gasteiger partial charge in [-0.05, 0) is 56.0 Å². The van der Waals surface area contributed by atoms with E-state index < -0.39 is 61.5 Å². The van der Waals surface area contributed by atoms with Crippen LogP contribution in [0.5, 0.6) is 0 Å². The zero-order valence-electron chi connectivity index (χ0n) is 18.6. The highest BCUT2D eigenvalue weighted by molar-refractivity contribution is 7.89. The number of nitro benzene ring substituents is 1. The fraction of sp³-hybridized carbons (Fsp3) is 0.364. The van der Waals surface area contributed by atoms with Gasteiger partial charge in [0.15, 0.2) is 10.7 Å². The molecule has 11 heteroatoms. The molecule has 2 aromatic carbocycles. The first-order valence-electron chi connectivity index (χ1n) is 9.99. The van der Waals surface area contributed by atoms with E-state index in [-0.39, 0.29) is 12.0 Å². The van der Waals surface area contributed by atoms with E-state index in [2.05, 4.69) is 4.72 Å². The first-order valence-corrected chi connectivity index (χ1v) is 11.5. The normalized spacial score (nSPS) is 13.2. The number of benzene rings is 2. The van der Waals surface area contributed by atoms with E-state index in [0.29, 0.717) is 0 Å². The van der Waals surface area contributed by atoms with Crippen LogP contribution in [0.1, 0.15) is 30.0 Å². The van der Waals surface area contributed by atoms with E-state index in [1.807, 2.05) is 0 Å². The summed E-state index contributed by atoms with van der Waals surface area (Å²) >= 11 is 0. The number of carbonyl (C=O) groups is 2. The first-order chi connectivity index (χ1) is 15.4. The molecule has 0 saturated carbocycles. The summed E-state index contributed by atoms with van der Waals surface area (Å²) in [6.07, 6.45) is -0.533. The van der Waals surface area contributed by atoms with Crippen molar-refractivity contribution in [2.24, 2.45) is 5.92 Å². The molecule has 0 radical (unpaired) electrons. The smallest absolute Gasteiger partial charge is 0.309 e. The van der Waals surface area contributed by atoms with Gasteiger partial charge in [0.1, 0.15) is 5.82 Å². The molecule has 0 amide bonds. The van der Waals surface area contributed by atoms with Crippen molar-refractivity contribution in [1.29, 1.82) is 0 Å². The van der Waals surface area contributed by atoms with Gasteiger partial charge in [-0.3, -0.25) is 19.7 Å². The summed E-state index contributed by atoms with van der Waals surface area (Å²) in [6, 6.07) is 6.35. The molecule has 0 aliphatic heterocycles. The van der Waals surface area contributed by atoms with Gasteiger partial charge in [-0.25, -0.2) is 17.5 Å². The molecular formula is C22H25FN2O7S. The van der Waals surface area contributed by atoms with Crippen molar-refractivity contribution >= 4 is 27.5 Å². The maximum absolute atomic E-state index is 14.4. The van der Waals surface area contributed by atoms with Crippen molar-refractivity contribution < 1.29 is 32.1 Å². The number of rotatable bonds is 10. The lowest BCUT2D eigenvalue weighted by Crippen LogP contribution is -2.40. The van der Waals surface area contributed by atoms with Crippen LogP contribution in [0.3, 0.4) is 0 Å². The third-order valence-corrected chi connectivity index (χ3v) is 6.87. The minimum Gasteiger partial charge on any atom is -0.469 e. The third kappa shape index (κ3) is 6.42. The second kappa shape index (κ2) is 10.6. The number of carbonyl (C=O) groups excluding carboxylic acids is 2. The number of ketones is 1. The maximum Gasteiger partial charge on any atom is 0.309 e. The summed E-state index contributed by atoms with van der Waals surface area (Å²) in [5, 5.41) is 11.2. The SMILES string of the molecule is COC(=O)[C@@H](CC(=O)[C@H](C)NS(=O)(=O)c1ccccc1[N+](=O)[O-])Cc1cc(C)c(C)cc1F. The number of para-hydroxylation sites is 1. The van der Waals surface area contributed by atoms with Crippen LogP contribution in [0.25, 0.3) is 0 Å². The number of ether oxygens (including phenoxy) is 1. The van der Waals surface area contributed by atoms with E-state index in [1.54, 1.807) is 19.9 Å². The highest BCUT2D eigenvalue weighted by Gasteiger charge is 2.31. The Morgan fingerprint density at radius 3 is 2.39 bits per heavy atom. The van der Waals surface area contributed by atoms with Crippen molar-refractivity contribution in [3.8, 4) is 0 Å². The molecule has 33 heavy (non-hydrogen) atoms. The lowest BCUT2D eigenvalue weighted by molar-refractivity contribution is -0.387. The monoisotopic (exact) mass is 480 g/mol. The highest BCUT2D eigenvalue weighted by Crippen LogP contribution is 2.24. The molecule has 0 saturated heterocycles. The van der Waals surface area contributed by atoms with Gasteiger partial charge in [-0.1, -0.05) is 18.2 Å². The predicted octanol–water partition coefficient (Wildman–Crippen LogP) is 3.01. The Morgan fingerprint density at radius 1 is 1.18 bits per heavy atom. The summed E-state index contributed by atoms with van der Waals surface area (Å²) < 4.78 is 46.5. The van der Waals surface area contributed by atoms with Gasteiger partial charge in [0.2, 0.25) is 10.0 Å². The van der Waals surface area contributed by atoms with Crippen LogP contribution >= 0.6 is 0 Å². The fourth-order valence-corrected chi connectivity index (χ4v) is 4.68. The quantitative estimate of drug-likeness (QED) is 0.314. The molecule has 0 spiro atoms. The molecule has 0 aliphatic carbocycles. The number of halogens is 1. The third-order valence-electron chi connectivity index (χ3n) is 5.28. The topological polar surface area (TPSA) is 133 Å². The number of hydrogen-bond acceptors (Lipinski definition) is 7. The molecule has 9 nitrogen and oxygen atoms in total. The largest absolute Gasteiger partial charge is 0.469 e. The van der Waals surface area contributed by atoms with Crippen LogP contribution < -0.4 is 4.72 Å². The molecule has 0 aromatic heterocycles. The van der Waals surface area contributed by atoms with E-state index in [1.165, 1.54) is 25.1 Å². The van der Waals surface area contributed by atoms with E-state index >= 15 is 0 Å². The molecule has 0 heterocycles. The van der Waals surface area contributed by atoms with Gasteiger partial charge < -0.3 is 4.74 Å². The average molecular weight is 481 g/mol. The minimum absolute atomic E-state index is 0.116. The highest BCUT2D eigenvalue weighted by atomic mass is 32.2. The number of hydrogen-bond donors (Lipinski definition) is 1. The van der Waals surface area contributed by atoms with Gasteiger partial charge in [-0.15, -0.1) is 0 Å². The van der Waals surface area contributed by atoms with Gasteiger partial charge in [-0.2, -0.15) is 0 Å². The number of esters is 1. The van der Waals surface area contributed by atoms with Crippen LogP contribution in [0.15, 0.2) is 41.3 Å². The number of sulfonamides is 1. The summed E-state index contributed by atoms with van der Waals surface area (Å²) in [7, 11) is -3.27. The van der Waals surface area contributed by atoms with Crippen molar-refractivity contribution in [3.05, 3.63) is 69.0 Å². The van der Waals surface area contributed by atoms with Gasteiger partial charge in [0.25, 0.3) is 5.69 Å². The van der Waals surface area contributed by atoms with Crippen LogP contribution in [0, 0.1) is 35.7 Å². The minimum atomic E-state index is -4.41. The Kier molecular flexibility index (Phi) is 8.39. The number of Topliss-reactive ketones (excluding diaryl/α,β-unsaturated/α-hetero) is 1. The van der Waals surface area contributed by atoms with Crippen LogP contribution in [-0.4, -0.2) is 38.2 Å². The Labute approximate surface area is 191 Å². The molecule has 1 N–H and O–H groups in total. The van der Waals surface area contributed by atoms with Crippen molar-refractivity contribution in [3.63, 3.8) is 0 Å². The van der Waals surface area contributed by atoms with E-state index in [9.17, 15) is 32.5 Å². The second-order valence-corrected chi connectivity index (χ2v) is 9.37. The molecule has 0 unspecified atom stereocenters. The average Bonchev–Trinajstić information content (AvgIpc) is 2.75. The molecule has 2 rings (SSSR count). The molecule has 0 aliphatic rings. The maximum atomic E-state index is 14.4. The Balaban J connectivity index is 2.22. The number of methoxy groups -OCH3 is 1. The number of nitrogens with one attached hydrogen (secondary N) is 1. The Bertz CT molecular complexity index is 1180. The predicted molar refractivity (Wildman–Crippen MR) is 118 cm³/mol. The van der Waals surface area contributed by atoms with Crippen molar-refractivity contribution in [1.82, 2.24) is 4.72 Å². The second-order valence-electron chi connectivity index (χ2n) is 7.69. The van der Waals surface area contributed by atoms with Crippen molar-refractivity contribution in [2.75, 3.05) is 7.11 Å². The van der Waals surface area contributed by atoms with E-state index in [0.717, 1.165) is 30.4 Å². The van der Waals surface area contributed by atoms with Gasteiger partial charge in [0, 0.05) is 12.5 Å². The summed E-state index contributed by atoms with van der Waals surface area (Å²) in [6.45, 7) is 4.80. The molecule has 2 atom stereocenters. The molecular weight excluding hydrogens is 455 g/mol. The zero-order valence-corrected chi connectivity index (χ0v) is 19.4. The molecule has 0 fully saturated rings. The Hall–Kier alpha value is -3.18. The van der Waals surface area contributed by atoms with Gasteiger partial charge >= 0.3 is 5.97 Å². The summed E-state index contributed by atoms with van der Waals surface area (Å²) in [5.41, 5.74) is 1.14. The number of aryl methyl sites for hydroxylation is 2. The van der Waals surface area contributed by atoms with Gasteiger partial charge in [0.05, 0.1) is 24.0 Å².